The molecule has 0 atom stereocenters. The van der Waals surface area contributed by atoms with Crippen molar-refractivity contribution in [1.29, 1.82) is 0 Å². The van der Waals surface area contributed by atoms with Gasteiger partial charge in [0.1, 0.15) is 11.6 Å². The zero-order valence-corrected chi connectivity index (χ0v) is 42.4. The Labute approximate surface area is 418 Å². The zero-order valence-electron chi connectivity index (χ0n) is 40.1. The number of benzene rings is 8. The van der Waals surface area contributed by atoms with Crippen LogP contribution in [0.1, 0.15) is 58.4 Å². The van der Waals surface area contributed by atoms with Crippen molar-refractivity contribution < 1.29 is 21.1 Å². The van der Waals surface area contributed by atoms with Crippen molar-refractivity contribution in [2.24, 2.45) is 0 Å². The van der Waals surface area contributed by atoms with Gasteiger partial charge in [0, 0.05) is 23.1 Å². The fourth-order valence-electron chi connectivity index (χ4n) is 11.6. The van der Waals surface area contributed by atoms with Gasteiger partial charge in [0.05, 0.1) is 11.0 Å². The summed E-state index contributed by atoms with van der Waals surface area (Å²) in [5.74, 6) is 1.69. The van der Waals surface area contributed by atoms with Crippen molar-refractivity contribution in [2.45, 2.75) is 60.8 Å². The van der Waals surface area contributed by atoms with Crippen LogP contribution in [0.5, 0.6) is 0 Å². The number of hydrogen-bond donors (Lipinski definition) is 0. The SMILES string of the molecule is Cc1cc(C)c(-c2ccnc(N3c4[c-]c(-c5cccc6c5nc(-c5ccc(-c7c(C)cc(C)cc7C)c7c5[n-]c5ccccc57)n6-c5ccccc5)ccc4C(C)(C)c4ccccc43)c2)c(C)c1.[Pt+2]. The molecule has 0 saturated heterocycles. The van der Waals surface area contributed by atoms with Crippen molar-refractivity contribution in [3.63, 3.8) is 0 Å². The molecule has 8 aromatic carbocycles. The second kappa shape index (κ2) is 16.7. The number of aromatic nitrogens is 4. The zero-order chi connectivity index (χ0) is 46.6. The minimum absolute atomic E-state index is 0. The fraction of sp³-hybridized carbons (Fsp3) is 0.143. The number of rotatable bonds is 6. The molecule has 4 heterocycles. The molecule has 0 amide bonds. The number of para-hydroxylation sites is 4. The van der Waals surface area contributed by atoms with Gasteiger partial charge in [-0.3, -0.25) is 4.57 Å². The molecule has 1 aliphatic heterocycles. The topological polar surface area (TPSA) is 48.1 Å². The van der Waals surface area contributed by atoms with Crippen LogP contribution < -0.4 is 9.88 Å². The largest absolute Gasteiger partial charge is 2.00 e. The predicted octanol–water partition coefficient (Wildman–Crippen LogP) is 16.1. The van der Waals surface area contributed by atoms with E-state index in [2.05, 4.69) is 229 Å². The number of aryl methyl sites for hydroxylation is 6. The van der Waals surface area contributed by atoms with Crippen LogP contribution in [0.25, 0.3) is 83.3 Å². The van der Waals surface area contributed by atoms with Gasteiger partial charge in [0.15, 0.2) is 0 Å². The molecule has 1 aliphatic rings. The molecule has 11 aromatic rings. The molecule has 5 nitrogen and oxygen atoms in total. The summed E-state index contributed by atoms with van der Waals surface area (Å²) in [5, 5.41) is 2.29. The molecule has 0 N–H and O–H groups in total. The van der Waals surface area contributed by atoms with Crippen LogP contribution in [0.15, 0.2) is 164 Å². The Morgan fingerprint density at radius 2 is 1.25 bits per heavy atom. The summed E-state index contributed by atoms with van der Waals surface area (Å²) in [6, 6.07) is 61.0. The standard InChI is InChI=1S/C63H51N5.Pt/c1-37-31-39(3)57(40(4)32-37)44-29-30-64-56(36-44)68-53-23-15-13-21-50(53)63(7,8)51-28-25-43(35-55(51)68)46-20-16-24-54-60(46)66-62(67(54)45-17-10-9-11-18-45)49-27-26-48(58-41(5)33-38(2)34-42(58)6)59-47-19-12-14-22-52(47)65-61(49)59;/h9-34,36H,1-8H3;/q-2;+2. The fourth-order valence-corrected chi connectivity index (χ4v) is 11.6. The molecular formula is C63H51N5Pt. The second-order valence-corrected chi connectivity index (χ2v) is 19.4. The number of nitrogens with zero attached hydrogens (tertiary/aromatic N) is 5. The van der Waals surface area contributed by atoms with Gasteiger partial charge in [-0.25, -0.2) is 9.97 Å². The number of hydrogen-bond acceptors (Lipinski definition) is 3. The molecule has 0 radical (unpaired) electrons. The Balaban J connectivity index is 0.00000520. The summed E-state index contributed by atoms with van der Waals surface area (Å²) in [7, 11) is 0. The minimum atomic E-state index is -0.295. The average molecular weight is 1070 g/mol. The predicted molar refractivity (Wildman–Crippen MR) is 283 cm³/mol. The van der Waals surface area contributed by atoms with Crippen LogP contribution in [0, 0.1) is 47.6 Å². The van der Waals surface area contributed by atoms with Crippen LogP contribution in [0.2, 0.25) is 0 Å². The molecule has 0 aliphatic carbocycles. The number of pyridine rings is 1. The average Bonchev–Trinajstić information content (AvgIpc) is 3.91. The van der Waals surface area contributed by atoms with Gasteiger partial charge in [-0.05, 0) is 150 Å². The third-order valence-electron chi connectivity index (χ3n) is 14.3. The van der Waals surface area contributed by atoms with E-state index >= 15 is 0 Å². The second-order valence-electron chi connectivity index (χ2n) is 19.4. The first kappa shape index (κ1) is 44.2. The van der Waals surface area contributed by atoms with Crippen LogP contribution in [0.3, 0.4) is 0 Å². The van der Waals surface area contributed by atoms with E-state index < -0.39 is 0 Å². The van der Waals surface area contributed by atoms with E-state index in [1.807, 2.05) is 6.20 Å². The first-order valence-electron chi connectivity index (χ1n) is 23.6. The first-order chi connectivity index (χ1) is 33.0. The molecule has 0 spiro atoms. The third kappa shape index (κ3) is 7.00. The summed E-state index contributed by atoms with van der Waals surface area (Å²) >= 11 is 0. The van der Waals surface area contributed by atoms with Crippen LogP contribution in [0.4, 0.5) is 17.2 Å². The molecule has 0 fully saturated rings. The van der Waals surface area contributed by atoms with Crippen molar-refractivity contribution in [3.05, 3.63) is 214 Å². The van der Waals surface area contributed by atoms with Crippen LogP contribution in [-0.4, -0.2) is 14.5 Å². The quantitative estimate of drug-likeness (QED) is 0.156. The first-order valence-corrected chi connectivity index (χ1v) is 23.6. The van der Waals surface area contributed by atoms with E-state index in [0.29, 0.717) is 0 Å². The summed E-state index contributed by atoms with van der Waals surface area (Å²) < 4.78 is 2.31. The number of anilines is 3. The van der Waals surface area contributed by atoms with Gasteiger partial charge in [0.2, 0.25) is 0 Å². The van der Waals surface area contributed by atoms with Gasteiger partial charge in [-0.1, -0.05) is 145 Å². The monoisotopic (exact) mass is 1070 g/mol. The van der Waals surface area contributed by atoms with E-state index in [1.165, 1.54) is 61.2 Å². The normalized spacial score (nSPS) is 12.9. The van der Waals surface area contributed by atoms with E-state index in [-0.39, 0.29) is 26.5 Å². The molecule has 12 rings (SSSR count). The molecule has 6 heteroatoms. The number of imidazole rings is 1. The maximum atomic E-state index is 5.70. The van der Waals surface area contributed by atoms with Crippen LogP contribution in [-0.2, 0) is 26.5 Å². The maximum absolute atomic E-state index is 5.70. The molecule has 0 saturated carbocycles. The van der Waals surface area contributed by atoms with Crippen molar-refractivity contribution >= 4 is 50.0 Å². The molecule has 338 valence electrons. The van der Waals surface area contributed by atoms with Crippen LogP contribution >= 0.6 is 0 Å². The van der Waals surface area contributed by atoms with E-state index in [4.69, 9.17) is 15.0 Å². The summed E-state index contributed by atoms with van der Waals surface area (Å²) in [6.07, 6.45) is 1.95. The van der Waals surface area contributed by atoms with Crippen molar-refractivity contribution in [1.82, 2.24) is 19.5 Å². The van der Waals surface area contributed by atoms with E-state index in [1.54, 1.807) is 0 Å². The Morgan fingerprint density at radius 3 is 2.00 bits per heavy atom. The van der Waals surface area contributed by atoms with E-state index in [0.717, 1.165) is 83.8 Å². The van der Waals surface area contributed by atoms with Crippen molar-refractivity contribution in [3.8, 4) is 50.5 Å². The molecule has 3 aromatic heterocycles. The molecule has 69 heavy (non-hydrogen) atoms. The Hall–Kier alpha value is -7.33. The van der Waals surface area contributed by atoms with Gasteiger partial charge in [0.25, 0.3) is 0 Å². The van der Waals surface area contributed by atoms with Crippen molar-refractivity contribution in [2.75, 3.05) is 4.90 Å². The van der Waals surface area contributed by atoms with E-state index in [9.17, 15) is 0 Å². The van der Waals surface area contributed by atoms with Gasteiger partial charge in [-0.2, -0.15) is 0 Å². The Morgan fingerprint density at radius 1 is 0.580 bits per heavy atom. The number of fused-ring (bicyclic) bond motifs is 6. The van der Waals surface area contributed by atoms with Gasteiger partial charge >= 0.3 is 21.1 Å². The minimum Gasteiger partial charge on any atom is -0.656 e. The van der Waals surface area contributed by atoms with Gasteiger partial charge in [-0.15, -0.1) is 34.8 Å². The van der Waals surface area contributed by atoms with Gasteiger partial charge < -0.3 is 9.88 Å². The molecule has 0 unspecified atom stereocenters. The smallest absolute Gasteiger partial charge is 0.656 e. The molecule has 0 bridgehead atoms. The maximum Gasteiger partial charge on any atom is 2.00 e. The summed E-state index contributed by atoms with van der Waals surface area (Å²) in [6.45, 7) is 17.8. The third-order valence-corrected chi connectivity index (χ3v) is 14.3. The Bertz CT molecular complexity index is 3810. The molecular weight excluding hydrogens is 1020 g/mol. The summed E-state index contributed by atoms with van der Waals surface area (Å²) in [4.78, 5) is 18.6. The Kier molecular flexibility index (Phi) is 10.7. The summed E-state index contributed by atoms with van der Waals surface area (Å²) in [5.41, 5.74) is 24.4.